The van der Waals surface area contributed by atoms with Crippen LogP contribution in [0.25, 0.3) is 0 Å². The van der Waals surface area contributed by atoms with Crippen LogP contribution in [-0.2, 0) is 14.4 Å². The van der Waals surface area contributed by atoms with E-state index in [2.05, 4.69) is 6.42 Å². The highest BCUT2D eigenvalue weighted by Crippen LogP contribution is 2.29. The van der Waals surface area contributed by atoms with Crippen molar-refractivity contribution in [3.05, 3.63) is 66.6 Å². The zero-order chi connectivity index (χ0) is 21.1. The number of amides is 3. The van der Waals surface area contributed by atoms with Crippen LogP contribution < -0.4 is 15.5 Å². The number of benzene rings is 2. The summed E-state index contributed by atoms with van der Waals surface area (Å²) >= 11 is 0. The number of nitrogens with zero attached hydrogens (tertiary/aromatic N) is 2. The van der Waals surface area contributed by atoms with Gasteiger partial charge in [0, 0.05) is 17.3 Å². The largest absolute Gasteiger partial charge is 0.369 e. The van der Waals surface area contributed by atoms with Crippen molar-refractivity contribution in [1.82, 2.24) is 0 Å². The number of Topliss-reactive ketones (excluding diaryl/α,β-unsaturated/α-hetero) is 1. The quantitative estimate of drug-likeness (QED) is 0.786. The van der Waals surface area contributed by atoms with E-state index in [9.17, 15) is 19.2 Å². The molecule has 3 amide bonds. The molecule has 1 heterocycles. The lowest BCUT2D eigenvalue weighted by molar-refractivity contribution is -0.123. The van der Waals surface area contributed by atoms with Crippen molar-refractivity contribution in [2.24, 2.45) is 11.7 Å². The normalized spacial score (nSPS) is 16.4. The molecule has 2 aromatic carbocycles. The molecule has 0 spiro atoms. The molecule has 0 fully saturated rings. The van der Waals surface area contributed by atoms with Crippen LogP contribution in [0, 0.1) is 12.3 Å². The second-order valence-corrected chi connectivity index (χ2v) is 6.95. The van der Waals surface area contributed by atoms with E-state index in [-0.39, 0.29) is 29.7 Å². The van der Waals surface area contributed by atoms with E-state index in [1.165, 1.54) is 6.07 Å². The van der Waals surface area contributed by atoms with Crippen molar-refractivity contribution in [3.8, 4) is 0 Å². The first-order chi connectivity index (χ1) is 13.8. The van der Waals surface area contributed by atoms with Gasteiger partial charge in [0.1, 0.15) is 18.9 Å². The summed E-state index contributed by atoms with van der Waals surface area (Å²) in [6.45, 7) is 3.43. The predicted octanol–water partition coefficient (Wildman–Crippen LogP) is 1.84. The van der Waals surface area contributed by atoms with Crippen molar-refractivity contribution in [2.45, 2.75) is 19.9 Å². The van der Waals surface area contributed by atoms with Gasteiger partial charge in [0.25, 0.3) is 0 Å². The molecular weight excluding hydrogens is 370 g/mol. The minimum absolute atomic E-state index is 0.151. The summed E-state index contributed by atoms with van der Waals surface area (Å²) in [6, 6.07) is 15.3. The van der Waals surface area contributed by atoms with Gasteiger partial charge in [-0.25, -0.2) is 0 Å². The van der Waals surface area contributed by atoms with Crippen LogP contribution in [0.5, 0.6) is 0 Å². The van der Waals surface area contributed by atoms with Gasteiger partial charge in [-0.05, 0) is 38.1 Å². The fourth-order valence-corrected chi connectivity index (χ4v) is 3.34. The van der Waals surface area contributed by atoms with Gasteiger partial charge in [0.15, 0.2) is 5.78 Å². The van der Waals surface area contributed by atoms with E-state index < -0.39 is 23.5 Å². The Morgan fingerprint density at radius 1 is 1.07 bits per heavy atom. The van der Waals surface area contributed by atoms with Crippen LogP contribution in [0.3, 0.4) is 0 Å². The van der Waals surface area contributed by atoms with Crippen molar-refractivity contribution in [3.63, 3.8) is 0 Å². The number of para-hydroxylation sites is 2. The van der Waals surface area contributed by atoms with Crippen LogP contribution in [0.15, 0.2) is 54.6 Å². The summed E-state index contributed by atoms with van der Waals surface area (Å²) < 4.78 is 0. The number of hydrogen-bond donors (Lipinski definition) is 1. The second-order valence-electron chi connectivity index (χ2n) is 6.95. The smallest absolute Gasteiger partial charge is 0.247 e. The number of nitrogens with two attached hydrogens (primary N) is 1. The molecule has 1 unspecified atom stereocenters. The molecule has 7 nitrogen and oxygen atoms in total. The van der Waals surface area contributed by atoms with Crippen LogP contribution in [-0.4, -0.2) is 36.1 Å². The summed E-state index contributed by atoms with van der Waals surface area (Å²) in [5, 5.41) is 0. The maximum atomic E-state index is 13.1. The summed E-state index contributed by atoms with van der Waals surface area (Å²) in [7, 11) is 0. The Morgan fingerprint density at radius 2 is 1.69 bits per heavy atom. The highest BCUT2D eigenvalue weighted by molar-refractivity contribution is 6.22. The predicted molar refractivity (Wildman–Crippen MR) is 108 cm³/mol. The van der Waals surface area contributed by atoms with Crippen LogP contribution in [0.1, 0.15) is 24.2 Å². The molecule has 148 valence electrons. The first-order valence-electron chi connectivity index (χ1n) is 9.19. The number of anilines is 2. The maximum Gasteiger partial charge on any atom is 0.247 e. The Morgan fingerprint density at radius 3 is 2.31 bits per heavy atom. The second kappa shape index (κ2) is 8.26. The molecule has 3 rings (SSSR count). The molecule has 7 heteroatoms. The molecular formula is C22H21N3O4. The van der Waals surface area contributed by atoms with Gasteiger partial charge in [-0.3, -0.25) is 19.2 Å². The average Bonchev–Trinajstić information content (AvgIpc) is 2.79. The monoisotopic (exact) mass is 391 g/mol. The molecule has 2 N–H and O–H groups in total. The van der Waals surface area contributed by atoms with Gasteiger partial charge in [0.05, 0.1) is 5.69 Å². The van der Waals surface area contributed by atoms with Gasteiger partial charge >= 0.3 is 0 Å². The topological polar surface area (TPSA) is 101 Å². The highest BCUT2D eigenvalue weighted by atomic mass is 16.2. The maximum absolute atomic E-state index is 13.1. The SMILES string of the molecule is CC(C)N(C(=O)CN1C(=O)[C]C(C(N)=O)C(=O)c2ccccc21)c1ccccc1. The van der Waals surface area contributed by atoms with Crippen molar-refractivity contribution in [2.75, 3.05) is 16.3 Å². The van der Waals surface area contributed by atoms with Gasteiger partial charge in [-0.1, -0.05) is 30.3 Å². The third kappa shape index (κ3) is 4.03. The van der Waals surface area contributed by atoms with Gasteiger partial charge in [0.2, 0.25) is 17.7 Å². The minimum Gasteiger partial charge on any atom is -0.369 e. The third-order valence-electron chi connectivity index (χ3n) is 4.63. The minimum atomic E-state index is -1.49. The van der Waals surface area contributed by atoms with Crippen molar-refractivity contribution < 1.29 is 19.2 Å². The fraction of sp³-hybridized carbons (Fsp3) is 0.227. The molecule has 0 aromatic heterocycles. The van der Waals surface area contributed by atoms with E-state index in [1.807, 2.05) is 32.0 Å². The molecule has 0 bridgehead atoms. The molecule has 0 saturated heterocycles. The van der Waals surface area contributed by atoms with E-state index >= 15 is 0 Å². The molecule has 0 aliphatic carbocycles. The summed E-state index contributed by atoms with van der Waals surface area (Å²) in [6.07, 6.45) is 2.33. The van der Waals surface area contributed by atoms with Crippen LogP contribution >= 0.6 is 0 Å². The Balaban J connectivity index is 1.98. The van der Waals surface area contributed by atoms with Crippen LogP contribution in [0.2, 0.25) is 0 Å². The zero-order valence-electron chi connectivity index (χ0n) is 16.2. The van der Waals surface area contributed by atoms with Gasteiger partial charge in [-0.2, -0.15) is 0 Å². The van der Waals surface area contributed by atoms with Gasteiger partial charge < -0.3 is 15.5 Å². The Kier molecular flexibility index (Phi) is 5.77. The summed E-state index contributed by atoms with van der Waals surface area (Å²) in [5.74, 6) is -4.13. The Labute approximate surface area is 169 Å². The molecule has 1 aliphatic rings. The number of ketones is 1. The summed E-state index contributed by atoms with van der Waals surface area (Å²) in [5.41, 5.74) is 6.39. The number of rotatable bonds is 5. The molecule has 1 atom stereocenters. The lowest BCUT2D eigenvalue weighted by atomic mass is 9.94. The van der Waals surface area contributed by atoms with Gasteiger partial charge in [-0.15, -0.1) is 0 Å². The first kappa shape index (κ1) is 20.3. The number of carbonyl (C=O) groups excluding carboxylic acids is 4. The molecule has 2 aromatic rings. The average molecular weight is 391 g/mol. The third-order valence-corrected chi connectivity index (χ3v) is 4.63. The van der Waals surface area contributed by atoms with E-state index in [1.54, 1.807) is 35.2 Å². The zero-order valence-corrected chi connectivity index (χ0v) is 16.2. The standard InChI is InChI=1S/C22H21N3O4/c1-14(2)25(15-8-4-3-5-9-15)20(27)13-24-18-11-7-6-10-16(18)21(28)17(22(23)29)12-19(24)26/h3-11,14,17H,13H2,1-2H3,(H2,23,29). The van der Waals surface area contributed by atoms with E-state index in [4.69, 9.17) is 5.73 Å². The summed E-state index contributed by atoms with van der Waals surface area (Å²) in [4.78, 5) is 53.0. The Hall–Kier alpha value is -3.48. The number of fused-ring (bicyclic) bond motifs is 1. The van der Waals surface area contributed by atoms with Crippen molar-refractivity contribution in [1.29, 1.82) is 0 Å². The molecule has 29 heavy (non-hydrogen) atoms. The molecule has 0 saturated carbocycles. The van der Waals surface area contributed by atoms with E-state index in [0.717, 1.165) is 4.90 Å². The fourth-order valence-electron chi connectivity index (χ4n) is 3.34. The lowest BCUT2D eigenvalue weighted by Gasteiger charge is -2.30. The van der Waals surface area contributed by atoms with Crippen molar-refractivity contribution >= 4 is 34.9 Å². The highest BCUT2D eigenvalue weighted by Gasteiger charge is 2.38. The molecule has 2 radical (unpaired) electrons. The number of primary amides is 1. The first-order valence-corrected chi connectivity index (χ1v) is 9.19. The van der Waals surface area contributed by atoms with E-state index in [0.29, 0.717) is 5.69 Å². The Bertz CT molecular complexity index is 956. The number of carbonyl (C=O) groups is 4. The van der Waals surface area contributed by atoms with Crippen LogP contribution in [0.4, 0.5) is 11.4 Å². The molecule has 1 aliphatic heterocycles. The lowest BCUT2D eigenvalue weighted by Crippen LogP contribution is -2.46. The number of hydrogen-bond acceptors (Lipinski definition) is 4.